The first-order valence-electron chi connectivity index (χ1n) is 20.1. The molecule has 6 nitrogen and oxygen atoms in total. The van der Waals surface area contributed by atoms with Crippen molar-refractivity contribution in [2.24, 2.45) is 0 Å². The van der Waals surface area contributed by atoms with Gasteiger partial charge in [-0.05, 0) is 81.9 Å². The van der Waals surface area contributed by atoms with Crippen molar-refractivity contribution in [1.29, 1.82) is 0 Å². The van der Waals surface area contributed by atoms with Crippen LogP contribution in [0.25, 0.3) is 102 Å². The molecule has 9 aromatic rings. The van der Waals surface area contributed by atoms with E-state index in [0.717, 1.165) is 106 Å². The molecule has 60 heavy (non-hydrogen) atoms. The van der Waals surface area contributed by atoms with E-state index in [9.17, 15) is 0 Å². The largest absolute Gasteiger partial charge is 0.354 e. The Hall–Kier alpha value is -8.22. The predicted octanol–water partition coefficient (Wildman–Crippen LogP) is 12.5. The van der Waals surface area contributed by atoms with E-state index in [2.05, 4.69) is 208 Å². The topological polar surface area (TPSA) is 74.1 Å². The molecule has 6 heteroatoms. The lowest BCUT2D eigenvalue weighted by molar-refractivity contribution is -0.578. The van der Waals surface area contributed by atoms with E-state index >= 15 is 0 Å². The lowest BCUT2D eigenvalue weighted by Gasteiger charge is -2.07. The van der Waals surface area contributed by atoms with Crippen molar-refractivity contribution in [3.8, 4) is 55.6 Å². The van der Waals surface area contributed by atoms with E-state index in [0.29, 0.717) is 0 Å². The molecule has 0 amide bonds. The Kier molecular flexibility index (Phi) is 8.71. The highest BCUT2D eigenvalue weighted by Gasteiger charge is 2.28. The summed E-state index contributed by atoms with van der Waals surface area (Å²) in [5, 5.41) is 0. The minimum atomic E-state index is 0.851. The highest BCUT2D eigenvalue weighted by molar-refractivity contribution is 6.00. The molecule has 0 aliphatic carbocycles. The smallest absolute Gasteiger partial charge is 0.239 e. The molecule has 11 rings (SSSR count). The van der Waals surface area contributed by atoms with Crippen LogP contribution < -0.4 is 4.57 Å². The van der Waals surface area contributed by atoms with Gasteiger partial charge in [-0.2, -0.15) is 4.57 Å². The molecule has 0 radical (unpaired) electrons. The van der Waals surface area contributed by atoms with E-state index in [-0.39, 0.29) is 0 Å². The first-order chi connectivity index (χ1) is 29.7. The van der Waals surface area contributed by atoms with Gasteiger partial charge in [-0.25, -0.2) is 9.97 Å². The maximum absolute atomic E-state index is 5.68. The first-order valence-corrected chi connectivity index (χ1v) is 20.1. The van der Waals surface area contributed by atoms with Gasteiger partial charge in [0.2, 0.25) is 5.70 Å². The summed E-state index contributed by atoms with van der Waals surface area (Å²) in [5.41, 5.74) is 18.8. The number of benzene rings is 4. The van der Waals surface area contributed by atoms with Gasteiger partial charge >= 0.3 is 0 Å². The van der Waals surface area contributed by atoms with Crippen LogP contribution in [0, 0.1) is 0 Å². The van der Waals surface area contributed by atoms with Gasteiger partial charge in [0.15, 0.2) is 12.4 Å². The minimum absolute atomic E-state index is 0.851. The minimum Gasteiger partial charge on any atom is -0.354 e. The second-order valence-electron chi connectivity index (χ2n) is 14.9. The average molecular weight is 770 g/mol. The molecule has 0 atom stereocenters. The summed E-state index contributed by atoms with van der Waals surface area (Å²) in [5.74, 6) is 0. The van der Waals surface area contributed by atoms with Gasteiger partial charge in [-0.1, -0.05) is 121 Å². The third kappa shape index (κ3) is 6.33. The molecule has 0 fully saturated rings. The fraction of sp³-hybridized carbons (Fsp3) is 0. The Bertz CT molecular complexity index is 3260. The lowest BCUT2D eigenvalue weighted by Crippen LogP contribution is -2.31. The van der Waals surface area contributed by atoms with E-state index < -0.39 is 0 Å². The van der Waals surface area contributed by atoms with Crippen LogP contribution in [0.5, 0.6) is 0 Å². The van der Waals surface area contributed by atoms with Gasteiger partial charge < -0.3 is 9.97 Å². The normalized spacial score (nSPS) is 12.0. The molecule has 8 bridgehead atoms. The molecule has 7 heterocycles. The number of nitrogens with zero attached hydrogens (tertiary/aromatic N) is 4. The van der Waals surface area contributed by atoms with Crippen LogP contribution in [0.15, 0.2) is 195 Å². The van der Waals surface area contributed by atoms with Crippen molar-refractivity contribution in [2.75, 3.05) is 0 Å². The fourth-order valence-electron chi connectivity index (χ4n) is 8.42. The molecule has 2 N–H and O–H groups in total. The number of rotatable bonds is 6. The summed E-state index contributed by atoms with van der Waals surface area (Å²) in [6, 6.07) is 59.2. The van der Waals surface area contributed by atoms with E-state index in [1.807, 2.05) is 24.5 Å². The van der Waals surface area contributed by atoms with Gasteiger partial charge in [0.05, 0.1) is 17.1 Å². The summed E-state index contributed by atoms with van der Waals surface area (Å²) in [6.45, 7) is 0. The fourth-order valence-corrected chi connectivity index (χ4v) is 8.42. The zero-order valence-electron chi connectivity index (χ0n) is 32.5. The molecule has 282 valence electrons. The number of aromatic nitrogens is 6. The molecule has 4 aromatic carbocycles. The number of hydrogen-bond donors (Lipinski definition) is 2. The summed E-state index contributed by atoms with van der Waals surface area (Å²) < 4.78 is 2.18. The van der Waals surface area contributed by atoms with Crippen LogP contribution >= 0.6 is 0 Å². The van der Waals surface area contributed by atoms with Crippen molar-refractivity contribution in [3.05, 3.63) is 217 Å². The van der Waals surface area contributed by atoms with Crippen molar-refractivity contribution >= 4 is 46.0 Å². The van der Waals surface area contributed by atoms with Crippen molar-refractivity contribution < 1.29 is 4.57 Å². The standard InChI is InChI=1S/C54H36N6/c1-5-13-38(14-6-1)50-42-21-22-43(56-42)51(39-15-7-2-8-16-39)45-25-26-47(58-45)53(41-19-11-4-12-20-41)54-49(60-33-29-37(30-34-60)36-27-31-55-32-28-36)35-48(59-54)52(40-17-9-3-10-18-40)46-24-23-44(50)57-46/h1-35,55H/p+1. The van der Waals surface area contributed by atoms with Gasteiger partial charge in [0.1, 0.15) is 5.69 Å². The summed E-state index contributed by atoms with van der Waals surface area (Å²) in [6.07, 6.45) is 14.4. The first kappa shape index (κ1) is 35.0. The zero-order chi connectivity index (χ0) is 39.8. The Labute approximate surface area is 347 Å². The van der Waals surface area contributed by atoms with Gasteiger partial charge in [0, 0.05) is 74.9 Å². The Morgan fingerprint density at radius 1 is 0.350 bits per heavy atom. The van der Waals surface area contributed by atoms with Crippen molar-refractivity contribution in [1.82, 2.24) is 24.9 Å². The predicted molar refractivity (Wildman–Crippen MR) is 245 cm³/mol. The van der Waals surface area contributed by atoms with Crippen LogP contribution in [0.1, 0.15) is 22.8 Å². The molecule has 0 spiro atoms. The molecule has 2 aliphatic rings. The van der Waals surface area contributed by atoms with Crippen LogP contribution in [0.4, 0.5) is 0 Å². The maximum Gasteiger partial charge on any atom is 0.239 e. The molecular formula is C54H37N6+. The van der Waals surface area contributed by atoms with Crippen LogP contribution in [0.2, 0.25) is 0 Å². The molecule has 2 aliphatic heterocycles. The molecule has 0 saturated heterocycles. The summed E-state index contributed by atoms with van der Waals surface area (Å²) >= 11 is 0. The molecule has 0 unspecified atom stereocenters. The number of aromatic amines is 2. The number of nitrogens with one attached hydrogen (secondary N) is 2. The third-order valence-corrected chi connectivity index (χ3v) is 11.2. The zero-order valence-corrected chi connectivity index (χ0v) is 32.5. The summed E-state index contributed by atoms with van der Waals surface area (Å²) in [4.78, 5) is 23.1. The Morgan fingerprint density at radius 2 is 0.750 bits per heavy atom. The molecule has 0 saturated carbocycles. The monoisotopic (exact) mass is 769 g/mol. The number of H-pyrrole nitrogens is 2. The van der Waals surface area contributed by atoms with E-state index in [1.54, 1.807) is 0 Å². The van der Waals surface area contributed by atoms with Crippen LogP contribution in [-0.4, -0.2) is 24.9 Å². The van der Waals surface area contributed by atoms with Crippen LogP contribution in [-0.2, 0) is 0 Å². The van der Waals surface area contributed by atoms with Crippen molar-refractivity contribution in [2.45, 2.75) is 0 Å². The van der Waals surface area contributed by atoms with Crippen LogP contribution in [0.3, 0.4) is 0 Å². The summed E-state index contributed by atoms with van der Waals surface area (Å²) in [7, 11) is 0. The van der Waals surface area contributed by atoms with Gasteiger partial charge in [0.25, 0.3) is 0 Å². The third-order valence-electron chi connectivity index (χ3n) is 11.2. The molecular weight excluding hydrogens is 733 g/mol. The lowest BCUT2D eigenvalue weighted by atomic mass is 10.0. The number of pyridine rings is 2. The Balaban J connectivity index is 1.31. The van der Waals surface area contributed by atoms with Gasteiger partial charge in [-0.3, -0.25) is 4.98 Å². The van der Waals surface area contributed by atoms with Crippen molar-refractivity contribution in [3.63, 3.8) is 0 Å². The highest BCUT2D eigenvalue weighted by Crippen LogP contribution is 2.39. The number of hydrogen-bond acceptors (Lipinski definition) is 3. The van der Waals surface area contributed by atoms with Gasteiger partial charge in [-0.15, -0.1) is 0 Å². The second kappa shape index (κ2) is 14.9. The van der Waals surface area contributed by atoms with E-state index in [4.69, 9.17) is 9.97 Å². The second-order valence-corrected chi connectivity index (χ2v) is 14.9. The highest BCUT2D eigenvalue weighted by atomic mass is 15.0. The SMILES string of the molecule is C1=Cc2nc1c(-c1ccccc1)c1ccc([nH]1)c(-c1ccccc1)c1nc(c(-c3ccccc3)c3ccc([nH]3)c2-c2ccccc2)C([n+]2ccc(-c3ccncc3)cc2)=C1. The molecule has 5 aromatic heterocycles. The maximum atomic E-state index is 5.68. The average Bonchev–Trinajstić information content (AvgIpc) is 4.16. The van der Waals surface area contributed by atoms with E-state index in [1.165, 1.54) is 0 Å². The number of fused-ring (bicyclic) bond motifs is 8. The Morgan fingerprint density at radius 3 is 1.22 bits per heavy atom. The quantitative estimate of drug-likeness (QED) is 0.165.